The average Bonchev–Trinajstić information content (AvgIpc) is 2.97. The van der Waals surface area contributed by atoms with E-state index in [1.807, 2.05) is 19.1 Å². The summed E-state index contributed by atoms with van der Waals surface area (Å²) in [6.45, 7) is 8.18. The highest BCUT2D eigenvalue weighted by Gasteiger charge is 2.11. The molecule has 20 heavy (non-hydrogen) atoms. The summed E-state index contributed by atoms with van der Waals surface area (Å²) in [5.41, 5.74) is 3.01. The maximum absolute atomic E-state index is 11.9. The molecule has 0 saturated heterocycles. The summed E-state index contributed by atoms with van der Waals surface area (Å²) in [6.07, 6.45) is 1.49. The van der Waals surface area contributed by atoms with Gasteiger partial charge in [0, 0.05) is 24.5 Å². The predicted octanol–water partition coefficient (Wildman–Crippen LogP) is 3.69. The van der Waals surface area contributed by atoms with Crippen LogP contribution in [0.15, 0.2) is 41.0 Å². The number of amides is 1. The van der Waals surface area contributed by atoms with E-state index in [0.29, 0.717) is 5.76 Å². The van der Waals surface area contributed by atoms with Crippen LogP contribution in [0.1, 0.15) is 30.0 Å². The van der Waals surface area contributed by atoms with E-state index in [-0.39, 0.29) is 5.91 Å². The van der Waals surface area contributed by atoms with Crippen molar-refractivity contribution in [2.24, 2.45) is 0 Å². The Morgan fingerprint density at radius 2 is 2.00 bits per heavy atom. The molecule has 1 aromatic heterocycles. The Hall–Kier alpha value is -2.23. The summed E-state index contributed by atoms with van der Waals surface area (Å²) < 4.78 is 5.08. The molecule has 0 aliphatic heterocycles. The van der Waals surface area contributed by atoms with Gasteiger partial charge in [0.25, 0.3) is 5.91 Å². The van der Waals surface area contributed by atoms with Crippen molar-refractivity contribution in [2.75, 3.05) is 23.3 Å². The summed E-state index contributed by atoms with van der Waals surface area (Å²) in [6, 6.07) is 9.40. The monoisotopic (exact) mass is 272 g/mol. The molecule has 0 aliphatic carbocycles. The van der Waals surface area contributed by atoms with Crippen LogP contribution in [0.4, 0.5) is 11.4 Å². The number of hydrogen-bond donors (Lipinski definition) is 1. The van der Waals surface area contributed by atoms with Gasteiger partial charge in [-0.1, -0.05) is 0 Å². The second-order valence-corrected chi connectivity index (χ2v) is 4.60. The topological polar surface area (TPSA) is 45.5 Å². The quantitative estimate of drug-likeness (QED) is 0.903. The number of anilines is 2. The number of rotatable bonds is 5. The van der Waals surface area contributed by atoms with Crippen LogP contribution in [-0.2, 0) is 0 Å². The summed E-state index contributed by atoms with van der Waals surface area (Å²) in [5, 5.41) is 2.86. The normalized spacial score (nSPS) is 10.3. The lowest BCUT2D eigenvalue weighted by Crippen LogP contribution is -2.22. The van der Waals surface area contributed by atoms with E-state index in [4.69, 9.17) is 4.42 Å². The van der Waals surface area contributed by atoms with Crippen molar-refractivity contribution in [2.45, 2.75) is 20.8 Å². The molecule has 106 valence electrons. The lowest BCUT2D eigenvalue weighted by molar-refractivity contribution is 0.0996. The Labute approximate surface area is 119 Å². The minimum Gasteiger partial charge on any atom is -0.459 e. The molecule has 1 aromatic carbocycles. The first-order valence-electron chi connectivity index (χ1n) is 6.86. The van der Waals surface area contributed by atoms with Gasteiger partial charge in [-0.3, -0.25) is 4.79 Å². The number of hydrogen-bond acceptors (Lipinski definition) is 3. The molecule has 4 heteroatoms. The van der Waals surface area contributed by atoms with E-state index in [9.17, 15) is 4.79 Å². The fourth-order valence-corrected chi connectivity index (χ4v) is 2.17. The Morgan fingerprint density at radius 1 is 1.25 bits per heavy atom. The van der Waals surface area contributed by atoms with E-state index < -0.39 is 0 Å². The number of carbonyl (C=O) groups is 1. The molecule has 1 amide bonds. The van der Waals surface area contributed by atoms with Crippen LogP contribution >= 0.6 is 0 Å². The molecule has 1 heterocycles. The van der Waals surface area contributed by atoms with Crippen molar-refractivity contribution >= 4 is 17.3 Å². The molecule has 0 atom stereocenters. The molecule has 1 N–H and O–H groups in total. The molecule has 2 rings (SSSR count). The third-order valence-corrected chi connectivity index (χ3v) is 3.33. The summed E-state index contributed by atoms with van der Waals surface area (Å²) in [5.74, 6) is 0.0888. The van der Waals surface area contributed by atoms with Crippen molar-refractivity contribution in [3.05, 3.63) is 47.9 Å². The molecule has 2 aromatic rings. The minimum atomic E-state index is -0.228. The minimum absolute atomic E-state index is 0.228. The Morgan fingerprint density at radius 3 is 2.55 bits per heavy atom. The SMILES string of the molecule is CCN(CC)c1ccc(NC(=O)c2ccco2)c(C)c1. The zero-order chi connectivity index (χ0) is 14.5. The van der Waals surface area contributed by atoms with Gasteiger partial charge in [0.15, 0.2) is 5.76 Å². The Bertz CT molecular complexity index is 572. The first kappa shape index (κ1) is 14.2. The van der Waals surface area contributed by atoms with Crippen LogP contribution in [0, 0.1) is 6.92 Å². The van der Waals surface area contributed by atoms with E-state index in [1.165, 1.54) is 12.0 Å². The largest absolute Gasteiger partial charge is 0.459 e. The maximum Gasteiger partial charge on any atom is 0.291 e. The molecular formula is C16H20N2O2. The Balaban J connectivity index is 2.16. The van der Waals surface area contributed by atoms with Gasteiger partial charge in [-0.15, -0.1) is 0 Å². The summed E-state index contributed by atoms with van der Waals surface area (Å²) in [7, 11) is 0. The lowest BCUT2D eigenvalue weighted by atomic mass is 10.1. The first-order chi connectivity index (χ1) is 9.65. The van der Waals surface area contributed by atoms with Gasteiger partial charge in [0.2, 0.25) is 0 Å². The Kier molecular flexibility index (Phi) is 4.45. The van der Waals surface area contributed by atoms with Crippen LogP contribution in [0.5, 0.6) is 0 Å². The van der Waals surface area contributed by atoms with Crippen LogP contribution in [-0.4, -0.2) is 19.0 Å². The van der Waals surface area contributed by atoms with Crippen molar-refractivity contribution in [1.82, 2.24) is 0 Å². The van der Waals surface area contributed by atoms with Gasteiger partial charge >= 0.3 is 0 Å². The van der Waals surface area contributed by atoms with Crippen LogP contribution in [0.25, 0.3) is 0 Å². The van der Waals surface area contributed by atoms with Crippen LogP contribution < -0.4 is 10.2 Å². The molecule has 0 spiro atoms. The van der Waals surface area contributed by atoms with Crippen molar-refractivity contribution in [1.29, 1.82) is 0 Å². The highest BCUT2D eigenvalue weighted by Crippen LogP contribution is 2.23. The molecule has 0 fully saturated rings. The summed E-state index contributed by atoms with van der Waals surface area (Å²) in [4.78, 5) is 14.2. The van der Waals surface area contributed by atoms with E-state index in [2.05, 4.69) is 30.1 Å². The third kappa shape index (κ3) is 3.02. The molecule has 0 saturated carbocycles. The molecular weight excluding hydrogens is 252 g/mol. The van der Waals surface area contributed by atoms with Crippen molar-refractivity contribution in [3.63, 3.8) is 0 Å². The number of furan rings is 1. The fraction of sp³-hybridized carbons (Fsp3) is 0.312. The zero-order valence-corrected chi connectivity index (χ0v) is 12.1. The first-order valence-corrected chi connectivity index (χ1v) is 6.86. The number of aryl methyl sites for hydroxylation is 1. The van der Waals surface area contributed by atoms with Gasteiger partial charge in [0.05, 0.1) is 6.26 Å². The van der Waals surface area contributed by atoms with Gasteiger partial charge in [-0.2, -0.15) is 0 Å². The fourth-order valence-electron chi connectivity index (χ4n) is 2.17. The van der Waals surface area contributed by atoms with Crippen molar-refractivity contribution in [3.8, 4) is 0 Å². The molecule has 0 aliphatic rings. The number of nitrogens with zero attached hydrogens (tertiary/aromatic N) is 1. The standard InChI is InChI=1S/C16H20N2O2/c1-4-18(5-2)13-8-9-14(12(3)11-13)17-16(19)15-7-6-10-20-15/h6-11H,4-5H2,1-3H3,(H,17,19). The maximum atomic E-state index is 11.9. The summed E-state index contributed by atoms with van der Waals surface area (Å²) >= 11 is 0. The van der Waals surface area contributed by atoms with Crippen molar-refractivity contribution < 1.29 is 9.21 Å². The number of benzene rings is 1. The van der Waals surface area contributed by atoms with Gasteiger partial charge in [-0.25, -0.2) is 0 Å². The smallest absolute Gasteiger partial charge is 0.291 e. The average molecular weight is 272 g/mol. The van der Waals surface area contributed by atoms with Crippen LogP contribution in [0.2, 0.25) is 0 Å². The number of carbonyl (C=O) groups excluding carboxylic acids is 1. The van der Waals surface area contributed by atoms with Gasteiger partial charge < -0.3 is 14.6 Å². The second-order valence-electron chi connectivity index (χ2n) is 4.60. The molecule has 4 nitrogen and oxygen atoms in total. The molecule has 0 unspecified atom stereocenters. The highest BCUT2D eigenvalue weighted by atomic mass is 16.3. The molecule has 0 radical (unpaired) electrons. The van der Waals surface area contributed by atoms with E-state index in [0.717, 1.165) is 24.3 Å². The van der Waals surface area contributed by atoms with E-state index >= 15 is 0 Å². The number of nitrogens with one attached hydrogen (secondary N) is 1. The van der Waals surface area contributed by atoms with Gasteiger partial charge in [-0.05, 0) is 56.7 Å². The van der Waals surface area contributed by atoms with Gasteiger partial charge in [0.1, 0.15) is 0 Å². The van der Waals surface area contributed by atoms with Crippen LogP contribution in [0.3, 0.4) is 0 Å². The second kappa shape index (κ2) is 6.28. The van der Waals surface area contributed by atoms with E-state index in [1.54, 1.807) is 12.1 Å². The lowest BCUT2D eigenvalue weighted by Gasteiger charge is -2.22. The molecule has 0 bridgehead atoms. The predicted molar refractivity (Wildman–Crippen MR) is 81.4 cm³/mol. The highest BCUT2D eigenvalue weighted by molar-refractivity contribution is 6.02. The third-order valence-electron chi connectivity index (χ3n) is 3.33. The zero-order valence-electron chi connectivity index (χ0n) is 12.1.